The number of hydrogen-bond donors (Lipinski definition) is 1. The molecule has 0 saturated carbocycles. The standard InChI is InChI=1S/C14H14F3NOS/c1-10-6-7-20-13(10)8-18-11-4-2-3-5-12(11)19-9-14(15,16)17/h2-7,18H,8-9H2,1H3. The molecule has 0 spiro atoms. The van der Waals surface area contributed by atoms with Gasteiger partial charge in [-0.05, 0) is 36.1 Å². The largest absolute Gasteiger partial charge is 0.482 e. The number of anilines is 1. The third-order valence-electron chi connectivity index (χ3n) is 2.69. The molecule has 2 nitrogen and oxygen atoms in total. The van der Waals surface area contributed by atoms with Crippen molar-refractivity contribution < 1.29 is 17.9 Å². The Labute approximate surface area is 119 Å². The molecule has 1 N–H and O–H groups in total. The predicted molar refractivity (Wildman–Crippen MR) is 74.4 cm³/mol. The van der Waals surface area contributed by atoms with E-state index in [1.807, 2.05) is 18.4 Å². The Hall–Kier alpha value is -1.69. The minimum absolute atomic E-state index is 0.207. The molecule has 0 aliphatic carbocycles. The molecule has 2 aromatic rings. The highest BCUT2D eigenvalue weighted by molar-refractivity contribution is 7.10. The molecule has 1 aromatic carbocycles. The van der Waals surface area contributed by atoms with Gasteiger partial charge in [-0.1, -0.05) is 12.1 Å². The average molecular weight is 301 g/mol. The maximum Gasteiger partial charge on any atom is 0.422 e. The van der Waals surface area contributed by atoms with Crippen LogP contribution in [-0.2, 0) is 6.54 Å². The lowest BCUT2D eigenvalue weighted by Gasteiger charge is -2.14. The van der Waals surface area contributed by atoms with E-state index in [-0.39, 0.29) is 5.75 Å². The van der Waals surface area contributed by atoms with Gasteiger partial charge < -0.3 is 10.1 Å². The van der Waals surface area contributed by atoms with Crippen molar-refractivity contribution in [2.75, 3.05) is 11.9 Å². The van der Waals surface area contributed by atoms with Crippen LogP contribution in [0.2, 0.25) is 0 Å². The van der Waals surface area contributed by atoms with E-state index in [4.69, 9.17) is 4.74 Å². The zero-order valence-electron chi connectivity index (χ0n) is 10.8. The van der Waals surface area contributed by atoms with Crippen LogP contribution in [0.3, 0.4) is 0 Å². The summed E-state index contributed by atoms with van der Waals surface area (Å²) in [7, 11) is 0. The lowest BCUT2D eigenvalue weighted by molar-refractivity contribution is -0.153. The molecule has 0 radical (unpaired) electrons. The lowest BCUT2D eigenvalue weighted by atomic mass is 10.2. The summed E-state index contributed by atoms with van der Waals surface area (Å²) >= 11 is 1.61. The third kappa shape index (κ3) is 4.16. The SMILES string of the molecule is Cc1ccsc1CNc1ccccc1OCC(F)(F)F. The van der Waals surface area contributed by atoms with Crippen LogP contribution in [0.5, 0.6) is 5.75 Å². The van der Waals surface area contributed by atoms with Crippen LogP contribution < -0.4 is 10.1 Å². The maximum atomic E-state index is 12.2. The van der Waals surface area contributed by atoms with E-state index in [2.05, 4.69) is 5.32 Å². The van der Waals surface area contributed by atoms with Crippen molar-refractivity contribution in [2.24, 2.45) is 0 Å². The smallest absolute Gasteiger partial charge is 0.422 e. The number of alkyl halides is 3. The minimum Gasteiger partial charge on any atom is -0.482 e. The summed E-state index contributed by atoms with van der Waals surface area (Å²) in [5, 5.41) is 5.10. The van der Waals surface area contributed by atoms with E-state index < -0.39 is 12.8 Å². The first-order valence-corrected chi connectivity index (χ1v) is 6.89. The zero-order chi connectivity index (χ0) is 14.6. The molecule has 108 valence electrons. The monoisotopic (exact) mass is 301 g/mol. The van der Waals surface area contributed by atoms with Gasteiger partial charge >= 0.3 is 6.18 Å². The van der Waals surface area contributed by atoms with E-state index >= 15 is 0 Å². The van der Waals surface area contributed by atoms with Crippen molar-refractivity contribution in [3.63, 3.8) is 0 Å². The van der Waals surface area contributed by atoms with Gasteiger partial charge in [0.15, 0.2) is 6.61 Å². The van der Waals surface area contributed by atoms with Crippen molar-refractivity contribution in [1.82, 2.24) is 0 Å². The molecule has 0 atom stereocenters. The topological polar surface area (TPSA) is 21.3 Å². The van der Waals surface area contributed by atoms with Gasteiger partial charge in [0.1, 0.15) is 5.75 Å². The molecule has 0 aliphatic heterocycles. The quantitative estimate of drug-likeness (QED) is 0.870. The number of nitrogens with one attached hydrogen (secondary N) is 1. The second-order valence-electron chi connectivity index (χ2n) is 4.28. The van der Waals surface area contributed by atoms with Gasteiger partial charge in [0.25, 0.3) is 0 Å². The third-order valence-corrected chi connectivity index (χ3v) is 3.71. The van der Waals surface area contributed by atoms with E-state index in [1.54, 1.807) is 29.5 Å². The summed E-state index contributed by atoms with van der Waals surface area (Å²) in [5.74, 6) is 0.207. The molecular formula is C14H14F3NOS. The second kappa shape index (κ2) is 6.17. The van der Waals surface area contributed by atoms with Gasteiger partial charge in [0.2, 0.25) is 0 Å². The molecule has 2 rings (SSSR count). The molecule has 0 amide bonds. The van der Waals surface area contributed by atoms with Crippen LogP contribution in [-0.4, -0.2) is 12.8 Å². The van der Waals surface area contributed by atoms with Crippen molar-refractivity contribution >= 4 is 17.0 Å². The molecule has 0 bridgehead atoms. The van der Waals surface area contributed by atoms with Crippen LogP contribution in [0.15, 0.2) is 35.7 Å². The first-order valence-electron chi connectivity index (χ1n) is 6.01. The molecule has 1 aromatic heterocycles. The zero-order valence-corrected chi connectivity index (χ0v) is 11.6. The molecule has 20 heavy (non-hydrogen) atoms. The number of benzene rings is 1. The van der Waals surface area contributed by atoms with E-state index in [0.29, 0.717) is 12.2 Å². The number of para-hydroxylation sites is 2. The number of rotatable bonds is 5. The van der Waals surface area contributed by atoms with Crippen LogP contribution in [0.1, 0.15) is 10.4 Å². The first kappa shape index (κ1) is 14.7. The first-order chi connectivity index (χ1) is 9.46. The minimum atomic E-state index is -4.34. The Morgan fingerprint density at radius 1 is 1.20 bits per heavy atom. The number of halogens is 3. The van der Waals surface area contributed by atoms with Gasteiger partial charge in [-0.2, -0.15) is 13.2 Å². The molecule has 0 aliphatic rings. The Kier molecular flexibility index (Phi) is 4.54. The van der Waals surface area contributed by atoms with Crippen molar-refractivity contribution in [1.29, 1.82) is 0 Å². The van der Waals surface area contributed by atoms with Gasteiger partial charge in [0, 0.05) is 11.4 Å². The normalized spacial score (nSPS) is 11.4. The predicted octanol–water partition coefficient (Wildman–Crippen LogP) is 4.61. The number of thiophene rings is 1. The fourth-order valence-electron chi connectivity index (χ4n) is 1.66. The van der Waals surface area contributed by atoms with Crippen LogP contribution in [0.25, 0.3) is 0 Å². The Balaban J connectivity index is 2.02. The van der Waals surface area contributed by atoms with E-state index in [1.165, 1.54) is 6.07 Å². The fraction of sp³-hybridized carbons (Fsp3) is 0.286. The van der Waals surface area contributed by atoms with E-state index in [0.717, 1.165) is 10.4 Å². The summed E-state index contributed by atoms with van der Waals surface area (Å²) in [5.41, 5.74) is 1.72. The highest BCUT2D eigenvalue weighted by atomic mass is 32.1. The number of hydrogen-bond acceptors (Lipinski definition) is 3. The molecule has 0 fully saturated rings. The highest BCUT2D eigenvalue weighted by Gasteiger charge is 2.28. The van der Waals surface area contributed by atoms with Crippen molar-refractivity contribution in [3.8, 4) is 5.75 Å². The second-order valence-corrected chi connectivity index (χ2v) is 5.28. The maximum absolute atomic E-state index is 12.2. The molecule has 6 heteroatoms. The molecular weight excluding hydrogens is 287 g/mol. The summed E-state index contributed by atoms with van der Waals surface area (Å²) in [6.07, 6.45) is -4.34. The Morgan fingerprint density at radius 2 is 1.95 bits per heavy atom. The van der Waals surface area contributed by atoms with Gasteiger partial charge in [-0.15, -0.1) is 11.3 Å². The fourth-order valence-corrected chi connectivity index (χ4v) is 2.50. The Morgan fingerprint density at radius 3 is 2.60 bits per heavy atom. The van der Waals surface area contributed by atoms with Crippen molar-refractivity contribution in [2.45, 2.75) is 19.6 Å². The summed E-state index contributed by atoms with van der Waals surface area (Å²) in [6.45, 7) is 1.28. The summed E-state index contributed by atoms with van der Waals surface area (Å²) in [4.78, 5) is 1.15. The molecule has 0 saturated heterocycles. The number of aryl methyl sites for hydroxylation is 1. The molecule has 1 heterocycles. The van der Waals surface area contributed by atoms with Gasteiger partial charge in [-0.25, -0.2) is 0 Å². The number of ether oxygens (including phenoxy) is 1. The highest BCUT2D eigenvalue weighted by Crippen LogP contribution is 2.27. The van der Waals surface area contributed by atoms with Crippen LogP contribution >= 0.6 is 11.3 Å². The van der Waals surface area contributed by atoms with Crippen LogP contribution in [0, 0.1) is 6.92 Å². The van der Waals surface area contributed by atoms with Crippen molar-refractivity contribution in [3.05, 3.63) is 46.2 Å². The Bertz CT molecular complexity index is 566. The average Bonchev–Trinajstić information content (AvgIpc) is 2.79. The van der Waals surface area contributed by atoms with Gasteiger partial charge in [-0.3, -0.25) is 0 Å². The van der Waals surface area contributed by atoms with Crippen LogP contribution in [0.4, 0.5) is 18.9 Å². The molecule has 0 unspecified atom stereocenters. The summed E-state index contributed by atoms with van der Waals surface area (Å²) in [6, 6.07) is 8.63. The summed E-state index contributed by atoms with van der Waals surface area (Å²) < 4.78 is 41.4. The van der Waals surface area contributed by atoms with E-state index in [9.17, 15) is 13.2 Å². The van der Waals surface area contributed by atoms with Gasteiger partial charge in [0.05, 0.1) is 5.69 Å². The lowest BCUT2D eigenvalue weighted by Crippen LogP contribution is -2.19.